The highest BCUT2D eigenvalue weighted by atomic mass is 32.2. The van der Waals surface area contributed by atoms with Crippen molar-refractivity contribution in [1.29, 1.82) is 0 Å². The molecule has 0 radical (unpaired) electrons. The Morgan fingerprint density at radius 3 is 2.40 bits per heavy atom. The zero-order valence-corrected chi connectivity index (χ0v) is 15.6. The summed E-state index contributed by atoms with van der Waals surface area (Å²) in [5, 5.41) is 0. The van der Waals surface area contributed by atoms with Crippen molar-refractivity contribution in [3.05, 3.63) is 18.2 Å². The molecule has 0 bridgehead atoms. The molecule has 1 saturated heterocycles. The van der Waals surface area contributed by atoms with Crippen LogP contribution in [0.5, 0.6) is 11.5 Å². The van der Waals surface area contributed by atoms with Crippen molar-refractivity contribution in [3.63, 3.8) is 0 Å². The maximum absolute atomic E-state index is 12.5. The van der Waals surface area contributed by atoms with Crippen molar-refractivity contribution >= 4 is 15.9 Å². The van der Waals surface area contributed by atoms with Crippen LogP contribution in [0.2, 0.25) is 0 Å². The summed E-state index contributed by atoms with van der Waals surface area (Å²) in [5.41, 5.74) is 0. The van der Waals surface area contributed by atoms with Crippen LogP contribution in [0.4, 0.5) is 0 Å². The first-order chi connectivity index (χ1) is 11.9. The van der Waals surface area contributed by atoms with Crippen molar-refractivity contribution in [1.82, 2.24) is 14.5 Å². The summed E-state index contributed by atoms with van der Waals surface area (Å²) in [6.07, 6.45) is 0. The molecule has 0 spiro atoms. The minimum atomic E-state index is -3.87. The molecule has 8 nitrogen and oxygen atoms in total. The normalized spacial score (nSPS) is 15.9. The molecule has 0 atom stereocenters. The van der Waals surface area contributed by atoms with Crippen LogP contribution >= 0.6 is 0 Å². The number of carbonyl (C=O) groups is 1. The maximum atomic E-state index is 12.5. The van der Waals surface area contributed by atoms with E-state index in [9.17, 15) is 13.2 Å². The van der Waals surface area contributed by atoms with Crippen molar-refractivity contribution < 1.29 is 22.7 Å². The Hall–Kier alpha value is -1.84. The number of hydrogen-bond acceptors (Lipinski definition) is 6. The number of ether oxygens (including phenoxy) is 2. The summed E-state index contributed by atoms with van der Waals surface area (Å²) in [4.78, 5) is 16.2. The molecule has 2 rings (SSSR count). The van der Waals surface area contributed by atoms with Crippen LogP contribution in [0, 0.1) is 0 Å². The maximum Gasteiger partial charge on any atom is 0.244 e. The first-order valence-electron chi connectivity index (χ1n) is 8.13. The SMILES string of the molecule is CCN1CCN(C(=O)CNS(=O)(=O)c2ccc(OC)cc2OC)CC1. The number of piperazine rings is 1. The van der Waals surface area contributed by atoms with E-state index in [0.29, 0.717) is 18.8 Å². The number of rotatable bonds is 7. The lowest BCUT2D eigenvalue weighted by Gasteiger charge is -2.34. The fourth-order valence-corrected chi connectivity index (χ4v) is 3.78. The van der Waals surface area contributed by atoms with E-state index in [2.05, 4.69) is 16.5 Å². The molecule has 1 N–H and O–H groups in total. The number of sulfonamides is 1. The summed E-state index contributed by atoms with van der Waals surface area (Å²) in [7, 11) is -1.00. The second-order valence-corrected chi connectivity index (χ2v) is 7.39. The fraction of sp³-hybridized carbons (Fsp3) is 0.562. The number of carbonyl (C=O) groups excluding carboxylic acids is 1. The highest BCUT2D eigenvalue weighted by Gasteiger charge is 2.24. The molecule has 0 unspecified atom stereocenters. The number of likely N-dealkylation sites (N-methyl/N-ethyl adjacent to an activating group) is 1. The largest absolute Gasteiger partial charge is 0.497 e. The van der Waals surface area contributed by atoms with Crippen LogP contribution < -0.4 is 14.2 Å². The second kappa shape index (κ2) is 8.50. The van der Waals surface area contributed by atoms with Crippen LogP contribution in [0.3, 0.4) is 0 Å². The Kier molecular flexibility index (Phi) is 6.63. The van der Waals surface area contributed by atoms with Gasteiger partial charge in [0.15, 0.2) is 0 Å². The Morgan fingerprint density at radius 1 is 1.16 bits per heavy atom. The number of benzene rings is 1. The van der Waals surface area contributed by atoms with Crippen molar-refractivity contribution in [3.8, 4) is 11.5 Å². The molecule has 1 heterocycles. The molecule has 1 aliphatic rings. The van der Waals surface area contributed by atoms with E-state index in [4.69, 9.17) is 9.47 Å². The molecule has 140 valence electrons. The lowest BCUT2D eigenvalue weighted by molar-refractivity contribution is -0.131. The van der Waals surface area contributed by atoms with Gasteiger partial charge in [0.25, 0.3) is 0 Å². The molecule has 0 saturated carbocycles. The van der Waals surface area contributed by atoms with E-state index in [1.165, 1.54) is 32.4 Å². The van der Waals surface area contributed by atoms with Crippen LogP contribution in [-0.2, 0) is 14.8 Å². The number of hydrogen-bond donors (Lipinski definition) is 1. The van der Waals surface area contributed by atoms with E-state index in [1.54, 1.807) is 4.90 Å². The van der Waals surface area contributed by atoms with E-state index >= 15 is 0 Å². The Balaban J connectivity index is 2.01. The van der Waals surface area contributed by atoms with Gasteiger partial charge in [-0.15, -0.1) is 0 Å². The van der Waals surface area contributed by atoms with E-state index < -0.39 is 10.0 Å². The summed E-state index contributed by atoms with van der Waals surface area (Å²) in [6.45, 7) is 5.59. The van der Waals surface area contributed by atoms with Gasteiger partial charge in [-0.2, -0.15) is 0 Å². The fourth-order valence-electron chi connectivity index (χ4n) is 2.66. The van der Waals surface area contributed by atoms with Crippen LogP contribution in [0.25, 0.3) is 0 Å². The number of methoxy groups -OCH3 is 2. The molecule has 1 aromatic carbocycles. The van der Waals surface area contributed by atoms with Crippen molar-refractivity contribution in [2.45, 2.75) is 11.8 Å². The first-order valence-corrected chi connectivity index (χ1v) is 9.61. The van der Waals surface area contributed by atoms with Gasteiger partial charge in [0.2, 0.25) is 15.9 Å². The highest BCUT2D eigenvalue weighted by molar-refractivity contribution is 7.89. The van der Waals surface area contributed by atoms with Crippen molar-refractivity contribution in [2.75, 3.05) is 53.5 Å². The Bertz CT molecular complexity index is 700. The first kappa shape index (κ1) is 19.5. The molecule has 9 heteroatoms. The van der Waals surface area contributed by atoms with Gasteiger partial charge in [-0.1, -0.05) is 6.92 Å². The van der Waals surface area contributed by atoms with Gasteiger partial charge in [-0.3, -0.25) is 4.79 Å². The summed E-state index contributed by atoms with van der Waals surface area (Å²) >= 11 is 0. The number of amides is 1. The van der Waals surface area contributed by atoms with Gasteiger partial charge in [-0.25, -0.2) is 13.1 Å². The molecular formula is C16H25N3O5S. The predicted octanol–water partition coefficient (Wildman–Crippen LogP) is 0.146. The third kappa shape index (κ3) is 4.83. The van der Waals surface area contributed by atoms with Gasteiger partial charge in [0.1, 0.15) is 16.4 Å². The average Bonchev–Trinajstić information content (AvgIpc) is 2.65. The third-order valence-corrected chi connectivity index (χ3v) is 5.69. The van der Waals surface area contributed by atoms with Gasteiger partial charge in [0, 0.05) is 32.2 Å². The molecule has 25 heavy (non-hydrogen) atoms. The highest BCUT2D eigenvalue weighted by Crippen LogP contribution is 2.28. The van der Waals surface area contributed by atoms with E-state index in [-0.39, 0.29) is 23.1 Å². The monoisotopic (exact) mass is 371 g/mol. The Labute approximate surface area is 148 Å². The minimum Gasteiger partial charge on any atom is -0.497 e. The predicted molar refractivity (Wildman–Crippen MR) is 93.4 cm³/mol. The zero-order chi connectivity index (χ0) is 18.4. The average molecular weight is 371 g/mol. The topological polar surface area (TPSA) is 88.2 Å². The molecule has 1 aromatic rings. The summed E-state index contributed by atoms with van der Waals surface area (Å²) in [5.74, 6) is 0.420. The van der Waals surface area contributed by atoms with Crippen LogP contribution in [0.15, 0.2) is 23.1 Å². The van der Waals surface area contributed by atoms with Gasteiger partial charge in [-0.05, 0) is 18.7 Å². The summed E-state index contributed by atoms with van der Waals surface area (Å²) in [6, 6.07) is 4.41. The third-order valence-electron chi connectivity index (χ3n) is 4.25. The zero-order valence-electron chi connectivity index (χ0n) is 14.8. The van der Waals surface area contributed by atoms with Gasteiger partial charge >= 0.3 is 0 Å². The quantitative estimate of drug-likeness (QED) is 0.734. The molecule has 0 aliphatic carbocycles. The second-order valence-electron chi connectivity index (χ2n) is 5.66. The lowest BCUT2D eigenvalue weighted by Crippen LogP contribution is -2.51. The van der Waals surface area contributed by atoms with Gasteiger partial charge < -0.3 is 19.3 Å². The lowest BCUT2D eigenvalue weighted by atomic mass is 10.3. The van der Waals surface area contributed by atoms with Gasteiger partial charge in [0.05, 0.1) is 20.8 Å². The Morgan fingerprint density at radius 2 is 1.84 bits per heavy atom. The minimum absolute atomic E-state index is 0.0283. The van der Waals surface area contributed by atoms with Crippen LogP contribution in [0.1, 0.15) is 6.92 Å². The smallest absolute Gasteiger partial charge is 0.244 e. The molecule has 1 amide bonds. The molecular weight excluding hydrogens is 346 g/mol. The molecule has 1 fully saturated rings. The molecule has 0 aromatic heterocycles. The van der Waals surface area contributed by atoms with E-state index in [1.807, 2.05) is 0 Å². The number of nitrogens with one attached hydrogen (secondary N) is 1. The molecule has 1 aliphatic heterocycles. The van der Waals surface area contributed by atoms with Crippen LogP contribution in [-0.4, -0.2) is 77.6 Å². The summed E-state index contributed by atoms with van der Waals surface area (Å²) < 4.78 is 37.5. The van der Waals surface area contributed by atoms with E-state index in [0.717, 1.165) is 19.6 Å². The standard InChI is InChI=1S/C16H25N3O5S/c1-4-18-7-9-19(10-8-18)16(20)12-17-25(21,22)15-6-5-13(23-2)11-14(15)24-3/h5-6,11,17H,4,7-10,12H2,1-3H3. The van der Waals surface area contributed by atoms with Crippen molar-refractivity contribution in [2.24, 2.45) is 0 Å². The number of nitrogens with zero attached hydrogens (tertiary/aromatic N) is 2.